The van der Waals surface area contributed by atoms with E-state index in [2.05, 4.69) is 5.16 Å². The Balaban J connectivity index is 2.11. The minimum Gasteiger partial charge on any atom is -0.493 e. The Hall–Kier alpha value is -3.86. The lowest BCUT2D eigenvalue weighted by molar-refractivity contribution is 0.356. The largest absolute Gasteiger partial charge is 0.493 e. The molecule has 0 radical (unpaired) electrons. The van der Waals surface area contributed by atoms with E-state index in [4.69, 9.17) is 14.0 Å². The molecule has 1 aromatic heterocycles. The van der Waals surface area contributed by atoms with Crippen LogP contribution in [-0.2, 0) is 0 Å². The Labute approximate surface area is 166 Å². The molecule has 0 saturated heterocycles. The summed E-state index contributed by atoms with van der Waals surface area (Å²) in [6.45, 7) is 0. The maximum absolute atomic E-state index is 13.5. The monoisotopic (exact) mass is 383 g/mol. The van der Waals surface area contributed by atoms with Gasteiger partial charge in [-0.25, -0.2) is 0 Å². The van der Waals surface area contributed by atoms with Crippen LogP contribution >= 0.6 is 0 Å². The molecule has 4 aromatic carbocycles. The molecule has 0 N–H and O–H groups in total. The maximum atomic E-state index is 13.5. The average molecular weight is 383 g/mol. The topological polar surface area (TPSA) is 61.6 Å². The van der Waals surface area contributed by atoms with Crippen LogP contribution in [0.1, 0.15) is 0 Å². The lowest BCUT2D eigenvalue weighted by atomic mass is 10.0. The third-order valence-electron chi connectivity index (χ3n) is 5.19. The van der Waals surface area contributed by atoms with Gasteiger partial charge in [-0.05, 0) is 12.1 Å². The van der Waals surface area contributed by atoms with Crippen LogP contribution in [-0.4, -0.2) is 19.4 Å². The molecule has 0 saturated carbocycles. The maximum Gasteiger partial charge on any atom is 0.194 e. The Morgan fingerprint density at radius 1 is 0.759 bits per heavy atom. The molecule has 0 amide bonds. The molecule has 0 atom stereocenters. The van der Waals surface area contributed by atoms with Crippen molar-refractivity contribution < 1.29 is 14.0 Å². The van der Waals surface area contributed by atoms with Crippen LogP contribution in [0.2, 0.25) is 0 Å². The van der Waals surface area contributed by atoms with Crippen LogP contribution in [0.5, 0.6) is 11.5 Å². The summed E-state index contributed by atoms with van der Waals surface area (Å²) in [4.78, 5) is 13.5. The highest BCUT2D eigenvalue weighted by Gasteiger charge is 2.20. The van der Waals surface area contributed by atoms with E-state index in [1.165, 1.54) is 0 Å². The van der Waals surface area contributed by atoms with Crippen LogP contribution in [0.25, 0.3) is 43.8 Å². The molecule has 0 spiro atoms. The number of benzene rings is 3. The summed E-state index contributed by atoms with van der Waals surface area (Å²) in [5.74, 6) is 1.65. The first-order valence-electron chi connectivity index (χ1n) is 9.18. The quantitative estimate of drug-likeness (QED) is 0.430. The first-order chi connectivity index (χ1) is 14.2. The summed E-state index contributed by atoms with van der Waals surface area (Å²) < 4.78 is 16.8. The van der Waals surface area contributed by atoms with Gasteiger partial charge in [-0.15, -0.1) is 0 Å². The predicted octanol–water partition coefficient (Wildman–Crippen LogP) is 5.18. The minimum absolute atomic E-state index is 0.0893. The number of ether oxygens (including phenoxy) is 2. The van der Waals surface area contributed by atoms with Crippen molar-refractivity contribution in [3.8, 4) is 22.8 Å². The van der Waals surface area contributed by atoms with Gasteiger partial charge in [0.25, 0.3) is 0 Å². The number of aromatic nitrogens is 1. The number of hydrogen-bond acceptors (Lipinski definition) is 5. The number of rotatable bonds is 3. The molecular weight excluding hydrogens is 366 g/mol. The zero-order valence-corrected chi connectivity index (χ0v) is 15.9. The number of methoxy groups -OCH3 is 2. The molecule has 0 aliphatic heterocycles. The first-order valence-corrected chi connectivity index (χ1v) is 9.18. The second kappa shape index (κ2) is 6.63. The van der Waals surface area contributed by atoms with Crippen molar-refractivity contribution in [2.45, 2.75) is 0 Å². The van der Waals surface area contributed by atoms with E-state index in [9.17, 15) is 4.79 Å². The highest BCUT2D eigenvalue weighted by Crippen LogP contribution is 2.39. The zero-order valence-electron chi connectivity index (χ0n) is 15.9. The molecule has 5 heteroatoms. The summed E-state index contributed by atoms with van der Waals surface area (Å²) in [6.07, 6.45) is 0. The number of nitrogens with zero attached hydrogens (tertiary/aromatic N) is 1. The normalized spacial score (nSPS) is 11.2. The molecule has 5 aromatic rings. The lowest BCUT2D eigenvalue weighted by Gasteiger charge is -2.08. The van der Waals surface area contributed by atoms with Crippen molar-refractivity contribution in [3.63, 3.8) is 0 Å². The van der Waals surface area contributed by atoms with Crippen molar-refractivity contribution in [1.82, 2.24) is 5.16 Å². The molecule has 5 rings (SSSR count). The molecular formula is C24H17NO4. The minimum atomic E-state index is -0.0893. The van der Waals surface area contributed by atoms with Gasteiger partial charge < -0.3 is 14.0 Å². The third-order valence-corrected chi connectivity index (χ3v) is 5.19. The molecule has 1 heterocycles. The standard InChI is InChI=1S/C24H17NO4/c1-27-19-12-17-18(13-20(19)28-2)23(26)16-11-7-6-10-15(16)22-21(17)24(29-25-22)14-8-4-3-5-9-14/h3-13H,1-2H3. The zero-order chi connectivity index (χ0) is 20.0. The lowest BCUT2D eigenvalue weighted by Crippen LogP contribution is -2.00. The van der Waals surface area contributed by atoms with Gasteiger partial charge in [-0.3, -0.25) is 4.79 Å². The van der Waals surface area contributed by atoms with Gasteiger partial charge in [-0.1, -0.05) is 59.8 Å². The second-order valence-corrected chi connectivity index (χ2v) is 6.73. The Kier molecular flexibility index (Phi) is 3.95. The molecule has 29 heavy (non-hydrogen) atoms. The molecule has 0 bridgehead atoms. The van der Waals surface area contributed by atoms with E-state index in [1.54, 1.807) is 20.3 Å². The smallest absolute Gasteiger partial charge is 0.194 e. The fraction of sp³-hybridized carbons (Fsp3) is 0.0833. The second-order valence-electron chi connectivity index (χ2n) is 6.73. The summed E-state index contributed by atoms with van der Waals surface area (Å²) in [7, 11) is 3.13. The van der Waals surface area contributed by atoms with E-state index in [0.29, 0.717) is 38.9 Å². The SMILES string of the molecule is COc1cc2c(=O)c3ccccc3c3noc(-c4ccccc4)c3c2cc1OC. The molecule has 0 aliphatic rings. The van der Waals surface area contributed by atoms with Gasteiger partial charge in [0.05, 0.1) is 19.6 Å². The van der Waals surface area contributed by atoms with Gasteiger partial charge in [-0.2, -0.15) is 0 Å². The van der Waals surface area contributed by atoms with Gasteiger partial charge in [0.2, 0.25) is 0 Å². The summed E-state index contributed by atoms with van der Waals surface area (Å²) in [5.41, 5.74) is 1.43. The van der Waals surface area contributed by atoms with E-state index in [0.717, 1.165) is 16.3 Å². The van der Waals surface area contributed by atoms with Crippen molar-refractivity contribution in [3.05, 3.63) is 77.0 Å². The predicted molar refractivity (Wildman–Crippen MR) is 114 cm³/mol. The van der Waals surface area contributed by atoms with Crippen LogP contribution in [0.15, 0.2) is 76.0 Å². The highest BCUT2D eigenvalue weighted by molar-refractivity contribution is 6.19. The van der Waals surface area contributed by atoms with Crippen molar-refractivity contribution in [2.24, 2.45) is 0 Å². The van der Waals surface area contributed by atoms with Gasteiger partial charge in [0.15, 0.2) is 22.7 Å². The Morgan fingerprint density at radius 2 is 1.38 bits per heavy atom. The number of hydrogen-bond donors (Lipinski definition) is 0. The molecule has 0 fully saturated rings. The molecule has 0 unspecified atom stereocenters. The Morgan fingerprint density at radius 3 is 2.07 bits per heavy atom. The average Bonchev–Trinajstić information content (AvgIpc) is 3.19. The summed E-state index contributed by atoms with van der Waals surface area (Å²) >= 11 is 0. The summed E-state index contributed by atoms with van der Waals surface area (Å²) in [6, 6.07) is 20.7. The highest BCUT2D eigenvalue weighted by atomic mass is 16.5. The van der Waals surface area contributed by atoms with E-state index >= 15 is 0 Å². The van der Waals surface area contributed by atoms with Crippen LogP contribution in [0.4, 0.5) is 0 Å². The van der Waals surface area contributed by atoms with Crippen molar-refractivity contribution in [2.75, 3.05) is 14.2 Å². The van der Waals surface area contributed by atoms with E-state index < -0.39 is 0 Å². The van der Waals surface area contributed by atoms with Crippen LogP contribution in [0.3, 0.4) is 0 Å². The van der Waals surface area contributed by atoms with Gasteiger partial charge in [0.1, 0.15) is 5.52 Å². The van der Waals surface area contributed by atoms with Gasteiger partial charge >= 0.3 is 0 Å². The fourth-order valence-corrected chi connectivity index (χ4v) is 3.82. The van der Waals surface area contributed by atoms with Crippen LogP contribution in [0, 0.1) is 0 Å². The molecule has 5 nitrogen and oxygen atoms in total. The van der Waals surface area contributed by atoms with E-state index in [1.807, 2.05) is 60.7 Å². The summed E-state index contributed by atoms with van der Waals surface area (Å²) in [5, 5.41) is 7.68. The fourth-order valence-electron chi connectivity index (χ4n) is 3.82. The van der Waals surface area contributed by atoms with Crippen molar-refractivity contribution in [1.29, 1.82) is 0 Å². The molecule has 0 aliphatic carbocycles. The van der Waals surface area contributed by atoms with Crippen LogP contribution < -0.4 is 14.9 Å². The number of fused-ring (bicyclic) bond motifs is 5. The van der Waals surface area contributed by atoms with Crippen molar-refractivity contribution >= 4 is 32.4 Å². The van der Waals surface area contributed by atoms with E-state index in [-0.39, 0.29) is 5.43 Å². The first kappa shape index (κ1) is 17.3. The van der Waals surface area contributed by atoms with Gasteiger partial charge in [0, 0.05) is 27.1 Å². The third kappa shape index (κ3) is 2.55. The molecule has 142 valence electrons. The Bertz CT molecular complexity index is 1440.